The van der Waals surface area contributed by atoms with Gasteiger partial charge in [0.15, 0.2) is 0 Å². The van der Waals surface area contributed by atoms with Crippen molar-refractivity contribution in [3.8, 4) is 6.07 Å². The van der Waals surface area contributed by atoms with Crippen LogP contribution in [0.25, 0.3) is 11.0 Å². The van der Waals surface area contributed by atoms with Gasteiger partial charge in [-0.2, -0.15) is 5.26 Å². The number of nitrogens with zero attached hydrogens (tertiary/aromatic N) is 2. The third-order valence-corrected chi connectivity index (χ3v) is 2.14. The highest BCUT2D eigenvalue weighted by molar-refractivity contribution is 5.75. The van der Waals surface area contributed by atoms with E-state index >= 15 is 0 Å². The molecule has 1 heterocycles. The summed E-state index contributed by atoms with van der Waals surface area (Å²) in [6.45, 7) is 1.89. The quantitative estimate of drug-likeness (QED) is 0.715. The summed E-state index contributed by atoms with van der Waals surface area (Å²) in [6, 6.07) is 8.04. The van der Waals surface area contributed by atoms with Crippen molar-refractivity contribution in [1.29, 1.82) is 5.26 Å². The molecule has 1 aromatic heterocycles. The molecule has 1 unspecified atom stereocenters. The third-order valence-electron chi connectivity index (χ3n) is 2.14. The Morgan fingerprint density at radius 3 is 3.15 bits per heavy atom. The number of H-pyrrole nitrogens is 1. The van der Waals surface area contributed by atoms with Crippen LogP contribution < -0.4 is 0 Å². The minimum atomic E-state index is -0.0623. The highest BCUT2D eigenvalue weighted by Crippen LogP contribution is 2.18. The van der Waals surface area contributed by atoms with Gasteiger partial charge in [0.25, 0.3) is 0 Å². The molecule has 0 saturated heterocycles. The highest BCUT2D eigenvalue weighted by atomic mass is 14.9. The van der Waals surface area contributed by atoms with Crippen LogP contribution in [0, 0.1) is 11.3 Å². The normalized spacial score (nSPS) is 12.6. The Morgan fingerprint density at radius 1 is 1.54 bits per heavy atom. The first kappa shape index (κ1) is 7.81. The second kappa shape index (κ2) is 2.91. The van der Waals surface area contributed by atoms with E-state index < -0.39 is 0 Å². The fourth-order valence-electron chi connectivity index (χ4n) is 1.30. The Labute approximate surface area is 76.0 Å². The van der Waals surface area contributed by atoms with Crippen LogP contribution in [0.1, 0.15) is 18.4 Å². The molecule has 1 aromatic carbocycles. The molecule has 3 nitrogen and oxygen atoms in total. The average molecular weight is 171 g/mol. The smallest absolute Gasteiger partial charge is 0.0931 e. The van der Waals surface area contributed by atoms with Crippen LogP contribution in [0.3, 0.4) is 0 Å². The number of benzene rings is 1. The van der Waals surface area contributed by atoms with Crippen molar-refractivity contribution in [2.24, 2.45) is 0 Å². The van der Waals surface area contributed by atoms with Crippen LogP contribution in [-0.2, 0) is 0 Å². The standard InChI is InChI=1S/C10H9N3/c1-7(5-11)8-2-3-9-10(4-8)13-6-12-9/h2-4,6-7H,1H3,(H,12,13). The fraction of sp³-hybridized carbons (Fsp3) is 0.200. The van der Waals surface area contributed by atoms with Gasteiger partial charge in [-0.15, -0.1) is 0 Å². The van der Waals surface area contributed by atoms with Crippen molar-refractivity contribution in [3.05, 3.63) is 30.1 Å². The number of aromatic amines is 1. The molecule has 2 rings (SSSR count). The molecule has 0 amide bonds. The minimum Gasteiger partial charge on any atom is -0.345 e. The third kappa shape index (κ3) is 1.27. The maximum absolute atomic E-state index is 8.74. The summed E-state index contributed by atoms with van der Waals surface area (Å²) < 4.78 is 0. The average Bonchev–Trinajstić information content (AvgIpc) is 2.63. The van der Waals surface area contributed by atoms with Gasteiger partial charge in [-0.25, -0.2) is 4.98 Å². The van der Waals surface area contributed by atoms with E-state index in [-0.39, 0.29) is 5.92 Å². The Bertz CT molecular complexity index is 464. The van der Waals surface area contributed by atoms with Gasteiger partial charge in [-0.05, 0) is 24.6 Å². The Morgan fingerprint density at radius 2 is 2.38 bits per heavy atom. The van der Waals surface area contributed by atoms with Crippen LogP contribution in [0.2, 0.25) is 0 Å². The van der Waals surface area contributed by atoms with Crippen molar-refractivity contribution < 1.29 is 0 Å². The summed E-state index contributed by atoms with van der Waals surface area (Å²) in [5, 5.41) is 8.74. The molecule has 0 bridgehead atoms. The lowest BCUT2D eigenvalue weighted by Crippen LogP contribution is -1.88. The van der Waals surface area contributed by atoms with Gasteiger partial charge in [0.1, 0.15) is 0 Å². The summed E-state index contributed by atoms with van der Waals surface area (Å²) >= 11 is 0. The molecule has 0 aliphatic carbocycles. The zero-order chi connectivity index (χ0) is 9.26. The topological polar surface area (TPSA) is 52.5 Å². The number of rotatable bonds is 1. The largest absolute Gasteiger partial charge is 0.345 e. The fourth-order valence-corrected chi connectivity index (χ4v) is 1.30. The number of imidazole rings is 1. The molecular weight excluding hydrogens is 162 g/mol. The van der Waals surface area contributed by atoms with Gasteiger partial charge in [-0.1, -0.05) is 6.07 Å². The summed E-state index contributed by atoms with van der Waals surface area (Å²) in [5.41, 5.74) is 2.95. The monoisotopic (exact) mass is 171 g/mol. The van der Waals surface area contributed by atoms with Crippen molar-refractivity contribution in [1.82, 2.24) is 9.97 Å². The molecule has 0 spiro atoms. The van der Waals surface area contributed by atoms with E-state index in [1.54, 1.807) is 6.33 Å². The first-order valence-electron chi connectivity index (χ1n) is 4.14. The predicted octanol–water partition coefficient (Wildman–Crippen LogP) is 2.19. The van der Waals surface area contributed by atoms with E-state index in [1.807, 2.05) is 25.1 Å². The number of hydrogen-bond acceptors (Lipinski definition) is 2. The maximum atomic E-state index is 8.74. The molecule has 13 heavy (non-hydrogen) atoms. The van der Waals surface area contributed by atoms with Crippen molar-refractivity contribution in [3.63, 3.8) is 0 Å². The van der Waals surface area contributed by atoms with E-state index in [0.717, 1.165) is 16.6 Å². The van der Waals surface area contributed by atoms with Gasteiger partial charge < -0.3 is 4.98 Å². The van der Waals surface area contributed by atoms with Crippen molar-refractivity contribution in [2.45, 2.75) is 12.8 Å². The van der Waals surface area contributed by atoms with Crippen LogP contribution >= 0.6 is 0 Å². The summed E-state index contributed by atoms with van der Waals surface area (Å²) in [4.78, 5) is 7.12. The number of nitriles is 1. The first-order valence-corrected chi connectivity index (χ1v) is 4.14. The van der Waals surface area contributed by atoms with Crippen LogP contribution in [0.5, 0.6) is 0 Å². The Balaban J connectivity index is 2.55. The number of nitrogens with one attached hydrogen (secondary N) is 1. The van der Waals surface area contributed by atoms with E-state index in [1.165, 1.54) is 0 Å². The number of hydrogen-bond donors (Lipinski definition) is 1. The number of aromatic nitrogens is 2. The van der Waals surface area contributed by atoms with E-state index in [4.69, 9.17) is 5.26 Å². The summed E-state index contributed by atoms with van der Waals surface area (Å²) in [7, 11) is 0. The van der Waals surface area contributed by atoms with Crippen LogP contribution in [-0.4, -0.2) is 9.97 Å². The zero-order valence-corrected chi connectivity index (χ0v) is 7.28. The molecule has 0 saturated carbocycles. The van der Waals surface area contributed by atoms with Gasteiger partial charge in [0.2, 0.25) is 0 Å². The van der Waals surface area contributed by atoms with Gasteiger partial charge in [0, 0.05) is 0 Å². The summed E-state index contributed by atoms with van der Waals surface area (Å²) in [6.07, 6.45) is 1.66. The number of fused-ring (bicyclic) bond motifs is 1. The molecule has 2 aromatic rings. The van der Waals surface area contributed by atoms with Gasteiger partial charge in [0.05, 0.1) is 29.3 Å². The second-order valence-electron chi connectivity index (χ2n) is 3.03. The Hall–Kier alpha value is -1.82. The maximum Gasteiger partial charge on any atom is 0.0931 e. The van der Waals surface area contributed by atoms with Crippen molar-refractivity contribution >= 4 is 11.0 Å². The molecule has 1 atom stereocenters. The molecule has 0 aliphatic rings. The van der Waals surface area contributed by atoms with E-state index in [0.29, 0.717) is 0 Å². The van der Waals surface area contributed by atoms with Gasteiger partial charge >= 0.3 is 0 Å². The van der Waals surface area contributed by atoms with Crippen LogP contribution in [0.4, 0.5) is 0 Å². The van der Waals surface area contributed by atoms with Crippen LogP contribution in [0.15, 0.2) is 24.5 Å². The van der Waals surface area contributed by atoms with Crippen molar-refractivity contribution in [2.75, 3.05) is 0 Å². The second-order valence-corrected chi connectivity index (χ2v) is 3.03. The van der Waals surface area contributed by atoms with E-state index in [9.17, 15) is 0 Å². The Kier molecular flexibility index (Phi) is 1.75. The minimum absolute atomic E-state index is 0.0623. The SMILES string of the molecule is CC(C#N)c1ccc2nc[nH]c2c1. The molecule has 3 heteroatoms. The van der Waals surface area contributed by atoms with Gasteiger partial charge in [-0.3, -0.25) is 0 Å². The molecule has 1 N–H and O–H groups in total. The molecular formula is C10H9N3. The molecule has 0 aliphatic heterocycles. The lowest BCUT2D eigenvalue weighted by Gasteiger charge is -2.01. The molecule has 64 valence electrons. The molecule has 0 fully saturated rings. The molecule has 0 radical (unpaired) electrons. The lowest BCUT2D eigenvalue weighted by molar-refractivity contribution is 0.984. The first-order chi connectivity index (χ1) is 6.31. The highest BCUT2D eigenvalue weighted by Gasteiger charge is 2.04. The zero-order valence-electron chi connectivity index (χ0n) is 7.28. The predicted molar refractivity (Wildman–Crippen MR) is 50.1 cm³/mol. The summed E-state index contributed by atoms with van der Waals surface area (Å²) in [5.74, 6) is -0.0623. The lowest BCUT2D eigenvalue weighted by atomic mass is 10.0. The van der Waals surface area contributed by atoms with E-state index in [2.05, 4.69) is 16.0 Å².